The van der Waals surface area contributed by atoms with Gasteiger partial charge < -0.3 is 10.5 Å². The molecule has 0 spiro atoms. The summed E-state index contributed by atoms with van der Waals surface area (Å²) >= 11 is 0. The number of ether oxygens (including phenoxy) is 1. The van der Waals surface area contributed by atoms with Crippen molar-refractivity contribution in [3.8, 4) is 0 Å². The van der Waals surface area contributed by atoms with Gasteiger partial charge in [-0.1, -0.05) is 0 Å². The second-order valence-electron chi connectivity index (χ2n) is 4.70. The molecule has 1 aromatic heterocycles. The topological polar surface area (TPSA) is 65.2 Å². The van der Waals surface area contributed by atoms with Crippen LogP contribution in [0, 0.1) is 0 Å². The van der Waals surface area contributed by atoms with Gasteiger partial charge in [0.1, 0.15) is 11.6 Å². The molecular weight excluding hydrogens is 204 g/mol. The zero-order valence-electron chi connectivity index (χ0n) is 9.93. The van der Waals surface area contributed by atoms with Gasteiger partial charge in [0.15, 0.2) is 0 Å². The molecule has 4 heteroatoms. The van der Waals surface area contributed by atoms with E-state index in [0.717, 1.165) is 5.56 Å². The van der Waals surface area contributed by atoms with E-state index in [1.54, 1.807) is 12.4 Å². The van der Waals surface area contributed by atoms with Crippen LogP contribution in [0.2, 0.25) is 0 Å². The van der Waals surface area contributed by atoms with Gasteiger partial charge in [-0.2, -0.15) is 0 Å². The molecule has 0 fully saturated rings. The van der Waals surface area contributed by atoms with E-state index in [9.17, 15) is 4.79 Å². The Kier molecular flexibility index (Phi) is 4.01. The Balaban J connectivity index is 2.53. The predicted octanol–water partition coefficient (Wildman–Crippen LogP) is 1.29. The van der Waals surface area contributed by atoms with Gasteiger partial charge in [0.2, 0.25) is 0 Å². The number of aromatic nitrogens is 1. The maximum atomic E-state index is 11.6. The number of carbonyl (C=O) groups is 1. The number of nitrogens with two attached hydrogens (primary N) is 1. The van der Waals surface area contributed by atoms with Gasteiger partial charge in [0.05, 0.1) is 0 Å². The van der Waals surface area contributed by atoms with Crippen molar-refractivity contribution < 1.29 is 9.53 Å². The van der Waals surface area contributed by atoms with E-state index < -0.39 is 11.6 Å². The lowest BCUT2D eigenvalue weighted by Crippen LogP contribution is -2.38. The van der Waals surface area contributed by atoms with Crippen molar-refractivity contribution in [2.24, 2.45) is 5.73 Å². The minimum absolute atomic E-state index is 0.371. The van der Waals surface area contributed by atoms with Crippen LogP contribution in [-0.2, 0) is 16.0 Å². The van der Waals surface area contributed by atoms with Crippen LogP contribution in [0.3, 0.4) is 0 Å². The summed E-state index contributed by atoms with van der Waals surface area (Å²) in [5.74, 6) is -0.371. The van der Waals surface area contributed by atoms with Gasteiger partial charge >= 0.3 is 5.97 Å². The molecule has 0 aromatic carbocycles. The highest BCUT2D eigenvalue weighted by molar-refractivity contribution is 5.76. The van der Waals surface area contributed by atoms with Gasteiger partial charge in [-0.25, -0.2) is 0 Å². The molecule has 0 unspecified atom stereocenters. The van der Waals surface area contributed by atoms with Crippen LogP contribution in [0.5, 0.6) is 0 Å². The summed E-state index contributed by atoms with van der Waals surface area (Å²) in [6.45, 7) is 5.47. The van der Waals surface area contributed by atoms with Gasteiger partial charge in [-0.05, 0) is 44.9 Å². The van der Waals surface area contributed by atoms with E-state index in [1.807, 2.05) is 32.9 Å². The highest BCUT2D eigenvalue weighted by Gasteiger charge is 2.22. The van der Waals surface area contributed by atoms with Crippen molar-refractivity contribution in [2.75, 3.05) is 0 Å². The number of pyridine rings is 1. The van der Waals surface area contributed by atoms with Crippen LogP contribution in [0.1, 0.15) is 26.3 Å². The van der Waals surface area contributed by atoms with Crippen LogP contribution in [0.25, 0.3) is 0 Å². The third kappa shape index (κ3) is 4.40. The first-order chi connectivity index (χ1) is 7.38. The quantitative estimate of drug-likeness (QED) is 0.783. The zero-order valence-corrected chi connectivity index (χ0v) is 9.93. The number of carbonyl (C=O) groups excluding carboxylic acids is 1. The van der Waals surface area contributed by atoms with Crippen LogP contribution in [-0.4, -0.2) is 22.6 Å². The lowest BCUT2D eigenvalue weighted by molar-refractivity contribution is -0.156. The van der Waals surface area contributed by atoms with Crippen LogP contribution >= 0.6 is 0 Å². The highest BCUT2D eigenvalue weighted by atomic mass is 16.6. The second kappa shape index (κ2) is 5.07. The van der Waals surface area contributed by atoms with Crippen LogP contribution < -0.4 is 5.73 Å². The summed E-state index contributed by atoms with van der Waals surface area (Å²) in [7, 11) is 0. The molecule has 1 rings (SSSR count). The third-order valence-corrected chi connectivity index (χ3v) is 1.91. The van der Waals surface area contributed by atoms with E-state index in [-0.39, 0.29) is 5.97 Å². The fourth-order valence-corrected chi connectivity index (χ4v) is 1.23. The van der Waals surface area contributed by atoms with Gasteiger partial charge in [-0.3, -0.25) is 9.78 Å². The molecule has 0 saturated heterocycles. The summed E-state index contributed by atoms with van der Waals surface area (Å²) in [4.78, 5) is 15.5. The van der Waals surface area contributed by atoms with E-state index in [0.29, 0.717) is 6.42 Å². The molecule has 0 aliphatic heterocycles. The molecule has 88 valence electrons. The normalized spacial score (nSPS) is 13.2. The molecule has 0 radical (unpaired) electrons. The molecule has 4 nitrogen and oxygen atoms in total. The molecule has 1 aromatic rings. The van der Waals surface area contributed by atoms with E-state index in [2.05, 4.69) is 4.98 Å². The lowest BCUT2D eigenvalue weighted by Gasteiger charge is -2.22. The molecule has 0 aliphatic rings. The molecule has 0 saturated carbocycles. The summed E-state index contributed by atoms with van der Waals surface area (Å²) in [6, 6.07) is 3.05. The summed E-state index contributed by atoms with van der Waals surface area (Å²) in [6.07, 6.45) is 3.83. The van der Waals surface area contributed by atoms with Crippen LogP contribution in [0.4, 0.5) is 0 Å². The van der Waals surface area contributed by atoms with E-state index in [4.69, 9.17) is 10.5 Å². The van der Waals surface area contributed by atoms with Crippen molar-refractivity contribution in [3.63, 3.8) is 0 Å². The SMILES string of the molecule is CC(C)(C)OC(=O)[C@H](N)Cc1ccncc1. The predicted molar refractivity (Wildman–Crippen MR) is 61.8 cm³/mol. The molecule has 0 bridgehead atoms. The lowest BCUT2D eigenvalue weighted by atomic mass is 10.1. The Bertz CT molecular complexity index is 344. The fourth-order valence-electron chi connectivity index (χ4n) is 1.23. The first-order valence-electron chi connectivity index (χ1n) is 5.26. The van der Waals surface area contributed by atoms with E-state index in [1.165, 1.54) is 0 Å². The highest BCUT2D eigenvalue weighted by Crippen LogP contribution is 2.09. The average Bonchev–Trinajstić information content (AvgIpc) is 2.16. The Hall–Kier alpha value is -1.42. The smallest absolute Gasteiger partial charge is 0.323 e. The number of hydrogen-bond donors (Lipinski definition) is 1. The standard InChI is InChI=1S/C12H18N2O2/c1-12(2,3)16-11(15)10(13)8-9-4-6-14-7-5-9/h4-7,10H,8,13H2,1-3H3/t10-/m1/s1. The summed E-state index contributed by atoms with van der Waals surface area (Å²) < 4.78 is 5.19. The molecule has 16 heavy (non-hydrogen) atoms. The molecular formula is C12H18N2O2. The minimum Gasteiger partial charge on any atom is -0.459 e. The monoisotopic (exact) mass is 222 g/mol. The maximum absolute atomic E-state index is 11.6. The summed E-state index contributed by atoms with van der Waals surface area (Å²) in [5, 5.41) is 0. The summed E-state index contributed by atoms with van der Waals surface area (Å²) in [5.41, 5.74) is 6.25. The fraction of sp³-hybridized carbons (Fsp3) is 0.500. The Morgan fingerprint density at radius 1 is 1.44 bits per heavy atom. The molecule has 0 aliphatic carbocycles. The third-order valence-electron chi connectivity index (χ3n) is 1.91. The Labute approximate surface area is 95.8 Å². The van der Waals surface area contributed by atoms with Crippen molar-refractivity contribution in [3.05, 3.63) is 30.1 Å². The maximum Gasteiger partial charge on any atom is 0.323 e. The van der Waals surface area contributed by atoms with E-state index >= 15 is 0 Å². The second-order valence-corrected chi connectivity index (χ2v) is 4.70. The zero-order chi connectivity index (χ0) is 12.2. The van der Waals surface area contributed by atoms with Crippen molar-refractivity contribution in [2.45, 2.75) is 38.8 Å². The Morgan fingerprint density at radius 2 is 2.00 bits per heavy atom. The molecule has 1 heterocycles. The molecule has 1 atom stereocenters. The van der Waals surface area contributed by atoms with Crippen molar-refractivity contribution >= 4 is 5.97 Å². The van der Waals surface area contributed by atoms with Gasteiger partial charge in [0.25, 0.3) is 0 Å². The van der Waals surface area contributed by atoms with Crippen LogP contribution in [0.15, 0.2) is 24.5 Å². The first-order valence-corrected chi connectivity index (χ1v) is 5.26. The Morgan fingerprint density at radius 3 is 2.50 bits per heavy atom. The first kappa shape index (κ1) is 12.6. The number of esters is 1. The van der Waals surface area contributed by atoms with Gasteiger partial charge in [-0.15, -0.1) is 0 Å². The number of hydrogen-bond acceptors (Lipinski definition) is 4. The number of nitrogens with zero attached hydrogens (tertiary/aromatic N) is 1. The largest absolute Gasteiger partial charge is 0.459 e. The minimum atomic E-state index is -0.623. The van der Waals surface area contributed by atoms with Gasteiger partial charge in [0, 0.05) is 12.4 Å². The average molecular weight is 222 g/mol. The van der Waals surface area contributed by atoms with Crippen molar-refractivity contribution in [1.82, 2.24) is 4.98 Å². The molecule has 0 amide bonds. The molecule has 2 N–H and O–H groups in total. The number of rotatable bonds is 3. The van der Waals surface area contributed by atoms with Crippen molar-refractivity contribution in [1.29, 1.82) is 0 Å².